The van der Waals surface area contributed by atoms with Gasteiger partial charge in [-0.1, -0.05) is 61.0 Å². The van der Waals surface area contributed by atoms with Crippen molar-refractivity contribution in [1.29, 1.82) is 0 Å². The van der Waals surface area contributed by atoms with Crippen molar-refractivity contribution in [3.63, 3.8) is 0 Å². The zero-order chi connectivity index (χ0) is 21.1. The zero-order valence-corrected chi connectivity index (χ0v) is 19.8. The summed E-state index contributed by atoms with van der Waals surface area (Å²) in [5, 5.41) is 0. The summed E-state index contributed by atoms with van der Waals surface area (Å²) in [5.74, 6) is 2.71. The maximum Gasteiger partial charge on any atom is 0.160 e. The maximum atomic E-state index is 6.31. The molecule has 28 heavy (non-hydrogen) atoms. The van der Waals surface area contributed by atoms with Crippen LogP contribution < -0.4 is 0 Å². The summed E-state index contributed by atoms with van der Waals surface area (Å²) in [5.41, 5.74) is 0.383. The monoisotopic (exact) mass is 394 g/mol. The van der Waals surface area contributed by atoms with E-state index in [4.69, 9.17) is 14.2 Å². The van der Waals surface area contributed by atoms with E-state index in [9.17, 15) is 0 Å². The van der Waals surface area contributed by atoms with Crippen molar-refractivity contribution in [2.45, 2.75) is 112 Å². The Hall–Kier alpha value is -0.540. The van der Waals surface area contributed by atoms with Crippen LogP contribution in [0.15, 0.2) is 12.3 Å². The van der Waals surface area contributed by atoms with E-state index in [-0.39, 0.29) is 29.3 Å². The fourth-order valence-electron chi connectivity index (χ4n) is 4.79. The second-order valence-electron chi connectivity index (χ2n) is 10.4. The van der Waals surface area contributed by atoms with E-state index in [1.807, 2.05) is 0 Å². The first-order valence-corrected chi connectivity index (χ1v) is 11.7. The molecule has 0 bridgehead atoms. The lowest BCUT2D eigenvalue weighted by Crippen LogP contribution is -2.40. The van der Waals surface area contributed by atoms with Gasteiger partial charge < -0.3 is 14.2 Å². The van der Waals surface area contributed by atoms with Crippen LogP contribution in [0.4, 0.5) is 0 Å². The summed E-state index contributed by atoms with van der Waals surface area (Å²) >= 11 is 0. The summed E-state index contributed by atoms with van der Waals surface area (Å²) < 4.78 is 18.6. The van der Waals surface area contributed by atoms with Gasteiger partial charge >= 0.3 is 0 Å². The standard InChI is InChI=1S/C25H46O3/c1-10-22(11-2)15-26-21(7)25(9)16-24(25,8)13-12-19(5)27-23-18(4)14-17(3)20(6)28-23/h17-20,22-23H,7,10-16H2,1-6,8-9H3/t17-,18-,19-,20+,23-,24+,25+/m1/s1. The molecular formula is C25H46O3. The Balaban J connectivity index is 1.78. The van der Waals surface area contributed by atoms with Gasteiger partial charge in [0.1, 0.15) is 0 Å². The molecule has 0 aromatic heterocycles. The molecule has 2 fully saturated rings. The fraction of sp³-hybridized carbons (Fsp3) is 0.920. The van der Waals surface area contributed by atoms with E-state index in [0.29, 0.717) is 17.8 Å². The molecule has 0 unspecified atom stereocenters. The minimum Gasteiger partial charge on any atom is -0.498 e. The smallest absolute Gasteiger partial charge is 0.160 e. The molecule has 0 aromatic rings. The van der Waals surface area contributed by atoms with E-state index in [0.717, 1.165) is 25.2 Å². The van der Waals surface area contributed by atoms with Gasteiger partial charge in [-0.25, -0.2) is 0 Å². The van der Waals surface area contributed by atoms with Crippen LogP contribution in [0.2, 0.25) is 0 Å². The predicted octanol–water partition coefficient (Wildman–Crippen LogP) is 6.96. The van der Waals surface area contributed by atoms with Crippen LogP contribution in [0.5, 0.6) is 0 Å². The van der Waals surface area contributed by atoms with E-state index in [1.165, 1.54) is 25.7 Å². The molecule has 0 spiro atoms. The van der Waals surface area contributed by atoms with Crippen molar-refractivity contribution in [3.05, 3.63) is 12.3 Å². The summed E-state index contributed by atoms with van der Waals surface area (Å²) in [4.78, 5) is 0. The number of allylic oxidation sites excluding steroid dienone is 1. The molecule has 0 radical (unpaired) electrons. The zero-order valence-electron chi connectivity index (χ0n) is 19.8. The van der Waals surface area contributed by atoms with Crippen molar-refractivity contribution in [3.8, 4) is 0 Å². The summed E-state index contributed by atoms with van der Waals surface area (Å²) in [6, 6.07) is 0. The average molecular weight is 395 g/mol. The van der Waals surface area contributed by atoms with Crippen molar-refractivity contribution >= 4 is 0 Å². The van der Waals surface area contributed by atoms with E-state index in [1.54, 1.807) is 0 Å². The van der Waals surface area contributed by atoms with E-state index in [2.05, 4.69) is 62.0 Å². The molecule has 1 aliphatic carbocycles. The van der Waals surface area contributed by atoms with Crippen molar-refractivity contribution < 1.29 is 14.2 Å². The van der Waals surface area contributed by atoms with Crippen LogP contribution in [0.25, 0.3) is 0 Å². The van der Waals surface area contributed by atoms with Gasteiger partial charge in [0, 0.05) is 11.3 Å². The summed E-state index contributed by atoms with van der Waals surface area (Å²) in [6.07, 6.45) is 7.34. The molecule has 0 N–H and O–H groups in total. The molecule has 1 heterocycles. The van der Waals surface area contributed by atoms with Crippen LogP contribution in [0.3, 0.4) is 0 Å². The SMILES string of the molecule is C=C(OCC(CC)CC)[C@]1(C)C[C@]1(C)CC[C@@H](C)O[C@@H]1O[C@@H](C)[C@H](C)C[C@H]1C. The van der Waals surface area contributed by atoms with Gasteiger partial charge in [0.25, 0.3) is 0 Å². The molecule has 164 valence electrons. The minimum absolute atomic E-state index is 0.0575. The van der Waals surface area contributed by atoms with Crippen LogP contribution in [0, 0.1) is 28.6 Å². The Kier molecular flexibility index (Phi) is 8.06. The lowest BCUT2D eigenvalue weighted by molar-refractivity contribution is -0.244. The molecule has 3 nitrogen and oxygen atoms in total. The third-order valence-corrected chi connectivity index (χ3v) is 8.04. The second kappa shape index (κ2) is 9.51. The number of ether oxygens (including phenoxy) is 3. The highest BCUT2D eigenvalue weighted by Gasteiger charge is 2.63. The number of hydrogen-bond donors (Lipinski definition) is 0. The first-order valence-electron chi connectivity index (χ1n) is 11.7. The third kappa shape index (κ3) is 5.33. The molecule has 1 saturated carbocycles. The Bertz CT molecular complexity index is 514. The van der Waals surface area contributed by atoms with Gasteiger partial charge in [0.15, 0.2) is 6.29 Å². The van der Waals surface area contributed by atoms with Crippen LogP contribution in [-0.4, -0.2) is 25.1 Å². The Labute approximate surface area is 174 Å². The quantitative estimate of drug-likeness (QED) is 0.354. The van der Waals surface area contributed by atoms with Crippen LogP contribution in [-0.2, 0) is 14.2 Å². The molecular weight excluding hydrogens is 348 g/mol. The lowest BCUT2D eigenvalue weighted by atomic mass is 9.89. The molecule has 1 aliphatic heterocycles. The highest BCUT2D eigenvalue weighted by molar-refractivity contribution is 5.22. The van der Waals surface area contributed by atoms with Crippen LogP contribution >= 0.6 is 0 Å². The summed E-state index contributed by atoms with van der Waals surface area (Å²) in [6.45, 7) is 23.2. The largest absolute Gasteiger partial charge is 0.498 e. The number of rotatable bonds is 11. The third-order valence-electron chi connectivity index (χ3n) is 8.04. The van der Waals surface area contributed by atoms with Gasteiger partial charge in [-0.3, -0.25) is 0 Å². The van der Waals surface area contributed by atoms with Crippen molar-refractivity contribution in [2.24, 2.45) is 28.6 Å². The maximum absolute atomic E-state index is 6.31. The first kappa shape index (κ1) is 23.7. The first-order chi connectivity index (χ1) is 13.1. The van der Waals surface area contributed by atoms with Gasteiger partial charge in [-0.2, -0.15) is 0 Å². The van der Waals surface area contributed by atoms with Gasteiger partial charge in [-0.15, -0.1) is 0 Å². The molecule has 0 amide bonds. The lowest BCUT2D eigenvalue weighted by Gasteiger charge is -2.38. The fourth-order valence-corrected chi connectivity index (χ4v) is 4.79. The minimum atomic E-state index is -0.0575. The second-order valence-corrected chi connectivity index (χ2v) is 10.4. The topological polar surface area (TPSA) is 27.7 Å². The Morgan fingerprint density at radius 1 is 1.14 bits per heavy atom. The predicted molar refractivity (Wildman–Crippen MR) is 117 cm³/mol. The van der Waals surface area contributed by atoms with Gasteiger partial charge in [0.05, 0.1) is 24.6 Å². The van der Waals surface area contributed by atoms with Crippen LogP contribution in [0.1, 0.15) is 93.9 Å². The molecule has 2 rings (SSSR count). The molecule has 1 saturated heterocycles. The summed E-state index contributed by atoms with van der Waals surface area (Å²) in [7, 11) is 0. The van der Waals surface area contributed by atoms with Crippen molar-refractivity contribution in [1.82, 2.24) is 0 Å². The normalized spacial score (nSPS) is 39.0. The van der Waals surface area contributed by atoms with Gasteiger partial charge in [0.2, 0.25) is 0 Å². The highest BCUT2D eigenvalue weighted by atomic mass is 16.7. The molecule has 0 aromatic carbocycles. The Morgan fingerprint density at radius 3 is 2.39 bits per heavy atom. The number of hydrogen-bond acceptors (Lipinski definition) is 3. The van der Waals surface area contributed by atoms with Crippen molar-refractivity contribution in [2.75, 3.05) is 6.61 Å². The van der Waals surface area contributed by atoms with Gasteiger partial charge in [-0.05, 0) is 56.8 Å². The van der Waals surface area contributed by atoms with E-state index < -0.39 is 0 Å². The Morgan fingerprint density at radius 2 is 1.79 bits per heavy atom. The average Bonchev–Trinajstić information content (AvgIpc) is 3.21. The van der Waals surface area contributed by atoms with E-state index >= 15 is 0 Å². The molecule has 2 aliphatic rings. The molecule has 7 atom stereocenters. The highest BCUT2D eigenvalue weighted by Crippen LogP contribution is 2.69. The molecule has 3 heteroatoms.